The van der Waals surface area contributed by atoms with Crippen molar-refractivity contribution in [1.82, 2.24) is 5.32 Å². The van der Waals surface area contributed by atoms with E-state index in [0.717, 1.165) is 26.1 Å². The van der Waals surface area contributed by atoms with Crippen molar-refractivity contribution >= 4 is 57.1 Å². The standard InChI is InChI=1S/C28H24BrClN2O4/c1-3-18-9-6-8-12-24(18)32-27(34)21(26(33)31-28(32)35)13-17-14-22(29)20(25(15-17)36-4-2)16-19-10-5-7-11-23(19)30/h5-15H,3-4,16H2,1-2H3,(H,31,33,35)/b21-13-. The lowest BCUT2D eigenvalue weighted by atomic mass is 10.00. The molecule has 4 rings (SSSR count). The Bertz CT molecular complexity index is 1390. The van der Waals surface area contributed by atoms with Gasteiger partial charge in [0.15, 0.2) is 0 Å². The largest absolute Gasteiger partial charge is 0.494 e. The maximum atomic E-state index is 13.4. The number of halogens is 2. The maximum absolute atomic E-state index is 13.4. The predicted octanol–water partition coefficient (Wildman–Crippen LogP) is 6.32. The van der Waals surface area contributed by atoms with Crippen molar-refractivity contribution in [3.05, 3.63) is 98.0 Å². The number of aryl methyl sites for hydroxylation is 1. The van der Waals surface area contributed by atoms with Crippen LogP contribution in [0.5, 0.6) is 5.75 Å². The Kier molecular flexibility index (Phi) is 7.91. The second-order valence-corrected chi connectivity index (χ2v) is 9.38. The van der Waals surface area contributed by atoms with Crippen LogP contribution in [0.2, 0.25) is 5.02 Å². The summed E-state index contributed by atoms with van der Waals surface area (Å²) in [7, 11) is 0. The summed E-state index contributed by atoms with van der Waals surface area (Å²) in [5.74, 6) is -0.824. The van der Waals surface area contributed by atoms with Crippen LogP contribution in [-0.4, -0.2) is 24.5 Å². The van der Waals surface area contributed by atoms with Gasteiger partial charge in [-0.15, -0.1) is 0 Å². The molecule has 0 aromatic heterocycles. The number of carbonyl (C=O) groups excluding carboxylic acids is 3. The second-order valence-electron chi connectivity index (χ2n) is 8.12. The van der Waals surface area contributed by atoms with Crippen molar-refractivity contribution in [2.24, 2.45) is 0 Å². The molecule has 1 fully saturated rings. The van der Waals surface area contributed by atoms with Gasteiger partial charge in [0.25, 0.3) is 11.8 Å². The summed E-state index contributed by atoms with van der Waals surface area (Å²) in [6.45, 7) is 4.24. The molecule has 1 aliphatic heterocycles. The van der Waals surface area contributed by atoms with E-state index in [1.807, 2.05) is 56.3 Å². The van der Waals surface area contributed by atoms with Crippen LogP contribution < -0.4 is 15.0 Å². The number of hydrogen-bond acceptors (Lipinski definition) is 4. The Morgan fingerprint density at radius 3 is 2.39 bits per heavy atom. The first-order valence-electron chi connectivity index (χ1n) is 11.5. The van der Waals surface area contributed by atoms with E-state index in [-0.39, 0.29) is 5.57 Å². The average molecular weight is 568 g/mol. The zero-order chi connectivity index (χ0) is 25.8. The fraction of sp³-hybridized carbons (Fsp3) is 0.179. The van der Waals surface area contributed by atoms with Crippen LogP contribution in [0.3, 0.4) is 0 Å². The molecule has 36 heavy (non-hydrogen) atoms. The van der Waals surface area contributed by atoms with Crippen molar-refractivity contribution in [2.75, 3.05) is 11.5 Å². The molecule has 1 heterocycles. The van der Waals surface area contributed by atoms with E-state index >= 15 is 0 Å². The first-order valence-corrected chi connectivity index (χ1v) is 12.7. The van der Waals surface area contributed by atoms with Gasteiger partial charge >= 0.3 is 6.03 Å². The van der Waals surface area contributed by atoms with Crippen molar-refractivity contribution in [3.8, 4) is 5.75 Å². The molecule has 3 aromatic carbocycles. The van der Waals surface area contributed by atoms with Gasteiger partial charge in [-0.25, -0.2) is 9.69 Å². The van der Waals surface area contributed by atoms with Gasteiger partial charge in [-0.2, -0.15) is 0 Å². The van der Waals surface area contributed by atoms with Gasteiger partial charge in [0, 0.05) is 21.5 Å². The van der Waals surface area contributed by atoms with Crippen molar-refractivity contribution in [2.45, 2.75) is 26.7 Å². The van der Waals surface area contributed by atoms with E-state index in [2.05, 4.69) is 21.2 Å². The number of nitrogens with one attached hydrogen (secondary N) is 1. The highest BCUT2D eigenvalue weighted by molar-refractivity contribution is 9.10. The van der Waals surface area contributed by atoms with Crippen LogP contribution in [0.4, 0.5) is 10.5 Å². The normalized spacial score (nSPS) is 14.8. The third-order valence-corrected chi connectivity index (χ3v) is 6.90. The molecule has 0 bridgehead atoms. The molecule has 1 aliphatic rings. The summed E-state index contributed by atoms with van der Waals surface area (Å²) < 4.78 is 6.64. The number of barbiturate groups is 1. The Morgan fingerprint density at radius 2 is 1.69 bits per heavy atom. The predicted molar refractivity (Wildman–Crippen MR) is 144 cm³/mol. The van der Waals surface area contributed by atoms with Crippen LogP contribution >= 0.6 is 27.5 Å². The van der Waals surface area contributed by atoms with Crippen LogP contribution in [0.15, 0.2) is 70.7 Å². The third-order valence-electron chi connectivity index (χ3n) is 5.83. The maximum Gasteiger partial charge on any atom is 0.335 e. The highest BCUT2D eigenvalue weighted by Crippen LogP contribution is 2.34. The molecule has 0 saturated carbocycles. The van der Waals surface area contributed by atoms with E-state index < -0.39 is 17.8 Å². The molecule has 0 unspecified atom stereocenters. The summed E-state index contributed by atoms with van der Waals surface area (Å²) in [5.41, 5.74) is 3.53. The van der Waals surface area contributed by atoms with Gasteiger partial charge in [0.2, 0.25) is 0 Å². The summed E-state index contributed by atoms with van der Waals surface area (Å²) >= 11 is 9.99. The number of para-hydroxylation sites is 1. The molecule has 0 radical (unpaired) electrons. The number of amides is 4. The van der Waals surface area contributed by atoms with Gasteiger partial charge < -0.3 is 4.74 Å². The number of imide groups is 2. The minimum absolute atomic E-state index is 0.145. The van der Waals surface area contributed by atoms with Crippen LogP contribution in [-0.2, 0) is 22.4 Å². The molecule has 184 valence electrons. The highest BCUT2D eigenvalue weighted by atomic mass is 79.9. The van der Waals surface area contributed by atoms with Gasteiger partial charge in [-0.1, -0.05) is 70.9 Å². The molecule has 1 N–H and O–H groups in total. The molecule has 0 atom stereocenters. The van der Waals surface area contributed by atoms with Gasteiger partial charge in [0.05, 0.1) is 12.3 Å². The zero-order valence-corrected chi connectivity index (χ0v) is 22.2. The number of rotatable bonds is 7. The first kappa shape index (κ1) is 25.7. The quantitative estimate of drug-likeness (QED) is 0.268. The van der Waals surface area contributed by atoms with Crippen LogP contribution in [0.25, 0.3) is 6.08 Å². The number of hydrogen-bond donors (Lipinski definition) is 1. The number of nitrogens with zero attached hydrogens (tertiary/aromatic N) is 1. The van der Waals surface area contributed by atoms with Crippen molar-refractivity contribution in [1.29, 1.82) is 0 Å². The topological polar surface area (TPSA) is 75.7 Å². The van der Waals surface area contributed by atoms with E-state index in [9.17, 15) is 14.4 Å². The van der Waals surface area contributed by atoms with Crippen molar-refractivity contribution in [3.63, 3.8) is 0 Å². The Hall–Kier alpha value is -3.42. The monoisotopic (exact) mass is 566 g/mol. The molecule has 3 aromatic rings. The number of carbonyl (C=O) groups is 3. The average Bonchev–Trinajstić information content (AvgIpc) is 2.85. The highest BCUT2D eigenvalue weighted by Gasteiger charge is 2.37. The second kappa shape index (κ2) is 11.1. The molecular formula is C28H24BrClN2O4. The summed E-state index contributed by atoms with van der Waals surface area (Å²) in [6.07, 6.45) is 2.62. The van der Waals surface area contributed by atoms with Gasteiger partial charge in [-0.05, 0) is 60.4 Å². The molecule has 6 nitrogen and oxygen atoms in total. The summed E-state index contributed by atoms with van der Waals surface area (Å²) in [4.78, 5) is 39.7. The molecule has 1 saturated heterocycles. The van der Waals surface area contributed by atoms with Crippen LogP contribution in [0.1, 0.15) is 36.1 Å². The fourth-order valence-electron chi connectivity index (χ4n) is 4.07. The first-order chi connectivity index (χ1) is 17.3. The Balaban J connectivity index is 1.74. The van der Waals surface area contributed by atoms with Crippen LogP contribution in [0, 0.1) is 0 Å². The van der Waals surface area contributed by atoms with E-state index in [1.54, 1.807) is 18.2 Å². The molecule has 8 heteroatoms. The third kappa shape index (κ3) is 5.22. The van der Waals surface area contributed by atoms with E-state index in [0.29, 0.717) is 41.5 Å². The van der Waals surface area contributed by atoms with Crippen molar-refractivity contribution < 1.29 is 19.1 Å². The molecule has 0 aliphatic carbocycles. The smallest absolute Gasteiger partial charge is 0.335 e. The molecule has 4 amide bonds. The van der Waals surface area contributed by atoms with E-state index in [4.69, 9.17) is 16.3 Å². The number of urea groups is 1. The summed E-state index contributed by atoms with van der Waals surface area (Å²) in [6, 6.07) is 17.5. The SMILES string of the molecule is CCOc1cc(/C=C2/C(=O)NC(=O)N(c3ccccc3CC)C2=O)cc(Br)c1Cc1ccccc1Cl. The van der Waals surface area contributed by atoms with Gasteiger partial charge in [0.1, 0.15) is 11.3 Å². The Labute approximate surface area is 223 Å². The minimum Gasteiger partial charge on any atom is -0.494 e. The van der Waals surface area contributed by atoms with E-state index in [1.165, 1.54) is 6.08 Å². The molecule has 0 spiro atoms. The minimum atomic E-state index is -0.769. The number of benzene rings is 3. The Morgan fingerprint density at radius 1 is 1.00 bits per heavy atom. The fourth-order valence-corrected chi connectivity index (χ4v) is 4.88. The zero-order valence-electron chi connectivity index (χ0n) is 19.8. The lowest BCUT2D eigenvalue weighted by Crippen LogP contribution is -2.54. The molecular weight excluding hydrogens is 544 g/mol. The number of ether oxygens (including phenoxy) is 1. The van der Waals surface area contributed by atoms with Gasteiger partial charge in [-0.3, -0.25) is 14.9 Å². The lowest BCUT2D eigenvalue weighted by molar-refractivity contribution is -0.122. The number of anilines is 1. The lowest BCUT2D eigenvalue weighted by Gasteiger charge is -2.28. The summed E-state index contributed by atoms with van der Waals surface area (Å²) in [5, 5.41) is 2.94.